The summed E-state index contributed by atoms with van der Waals surface area (Å²) in [6, 6.07) is 0. The predicted octanol–water partition coefficient (Wildman–Crippen LogP) is -0.173. The van der Waals surface area contributed by atoms with Gasteiger partial charge in [0, 0.05) is 14.1 Å². The molecule has 1 N–H and O–H groups in total. The lowest BCUT2D eigenvalue weighted by Crippen LogP contribution is -2.19. The minimum absolute atomic E-state index is 0.252. The highest BCUT2D eigenvalue weighted by Gasteiger charge is 2.13. The SMILES string of the molecule is Cn1c(O)c(N=O)n(C)c1=O. The molecule has 0 saturated carbocycles. The van der Waals surface area contributed by atoms with Gasteiger partial charge in [-0.3, -0.25) is 9.13 Å². The summed E-state index contributed by atoms with van der Waals surface area (Å²) in [5, 5.41) is 11.5. The van der Waals surface area contributed by atoms with Crippen LogP contribution in [0.1, 0.15) is 0 Å². The highest BCUT2D eigenvalue weighted by Crippen LogP contribution is 2.21. The first-order valence-electron chi connectivity index (χ1n) is 2.87. The van der Waals surface area contributed by atoms with Gasteiger partial charge in [-0.25, -0.2) is 4.79 Å². The molecule has 1 heterocycles. The largest absolute Gasteiger partial charge is 0.492 e. The molecular weight excluding hydrogens is 150 g/mol. The molecule has 1 aromatic rings. The third kappa shape index (κ3) is 0.830. The number of rotatable bonds is 1. The number of aromatic nitrogens is 2. The van der Waals surface area contributed by atoms with Crippen molar-refractivity contribution in [3.05, 3.63) is 15.4 Å². The minimum atomic E-state index is -0.475. The van der Waals surface area contributed by atoms with Crippen LogP contribution < -0.4 is 5.69 Å². The van der Waals surface area contributed by atoms with Crippen LogP contribution in [0.2, 0.25) is 0 Å². The van der Waals surface area contributed by atoms with Crippen molar-refractivity contribution in [2.24, 2.45) is 19.3 Å². The molecule has 0 bridgehead atoms. The molecule has 0 radical (unpaired) electrons. The summed E-state index contributed by atoms with van der Waals surface area (Å²) < 4.78 is 1.92. The van der Waals surface area contributed by atoms with Crippen molar-refractivity contribution >= 4 is 5.82 Å². The quantitative estimate of drug-likeness (QED) is 0.575. The zero-order valence-corrected chi connectivity index (χ0v) is 6.11. The van der Waals surface area contributed by atoms with E-state index in [0.29, 0.717) is 0 Å². The van der Waals surface area contributed by atoms with E-state index in [1.165, 1.54) is 14.1 Å². The Morgan fingerprint density at radius 2 is 1.91 bits per heavy atom. The van der Waals surface area contributed by atoms with E-state index in [9.17, 15) is 9.70 Å². The van der Waals surface area contributed by atoms with Crippen LogP contribution in [0.5, 0.6) is 5.88 Å². The Labute approximate surface area is 61.7 Å². The molecule has 0 amide bonds. The minimum Gasteiger partial charge on any atom is -0.492 e. The monoisotopic (exact) mass is 157 g/mol. The lowest BCUT2D eigenvalue weighted by atomic mass is 10.7. The van der Waals surface area contributed by atoms with Gasteiger partial charge in [0.15, 0.2) is 0 Å². The van der Waals surface area contributed by atoms with E-state index in [1.54, 1.807) is 0 Å². The molecule has 0 atom stereocenters. The van der Waals surface area contributed by atoms with Gasteiger partial charge in [0.05, 0.1) is 0 Å². The fourth-order valence-corrected chi connectivity index (χ4v) is 0.808. The molecule has 60 valence electrons. The van der Waals surface area contributed by atoms with Crippen molar-refractivity contribution in [2.75, 3.05) is 0 Å². The van der Waals surface area contributed by atoms with Gasteiger partial charge in [0.2, 0.25) is 11.7 Å². The van der Waals surface area contributed by atoms with Gasteiger partial charge >= 0.3 is 5.69 Å². The van der Waals surface area contributed by atoms with Crippen molar-refractivity contribution in [2.45, 2.75) is 0 Å². The maximum atomic E-state index is 10.9. The molecule has 6 nitrogen and oxygen atoms in total. The molecule has 0 spiro atoms. The second-order valence-corrected chi connectivity index (χ2v) is 2.14. The lowest BCUT2D eigenvalue weighted by molar-refractivity contribution is 0.431. The van der Waals surface area contributed by atoms with Gasteiger partial charge in [-0.05, 0) is 5.18 Å². The van der Waals surface area contributed by atoms with Gasteiger partial charge < -0.3 is 5.11 Å². The number of imidazole rings is 1. The van der Waals surface area contributed by atoms with E-state index in [0.717, 1.165) is 9.13 Å². The van der Waals surface area contributed by atoms with Crippen LogP contribution in [-0.4, -0.2) is 14.2 Å². The fourth-order valence-electron chi connectivity index (χ4n) is 0.808. The van der Waals surface area contributed by atoms with Crippen molar-refractivity contribution in [3.8, 4) is 5.88 Å². The second-order valence-electron chi connectivity index (χ2n) is 2.14. The predicted molar refractivity (Wildman–Crippen MR) is 37.8 cm³/mol. The summed E-state index contributed by atoms with van der Waals surface area (Å²) in [7, 11) is 2.71. The van der Waals surface area contributed by atoms with E-state index < -0.39 is 11.6 Å². The highest BCUT2D eigenvalue weighted by atomic mass is 16.3. The summed E-state index contributed by atoms with van der Waals surface area (Å²) in [6.45, 7) is 0. The maximum Gasteiger partial charge on any atom is 0.332 e. The molecular formula is C5H7N3O3. The Kier molecular flexibility index (Phi) is 1.52. The number of hydrogen-bond donors (Lipinski definition) is 1. The van der Waals surface area contributed by atoms with Gasteiger partial charge in [-0.15, -0.1) is 4.91 Å². The lowest BCUT2D eigenvalue weighted by Gasteiger charge is -1.87. The molecule has 6 heteroatoms. The number of hydrogen-bond acceptors (Lipinski definition) is 4. The Morgan fingerprint density at radius 1 is 1.36 bits per heavy atom. The van der Waals surface area contributed by atoms with Crippen molar-refractivity contribution in [1.29, 1.82) is 0 Å². The molecule has 0 fully saturated rings. The zero-order chi connectivity index (χ0) is 8.59. The molecule has 1 aromatic heterocycles. The summed E-state index contributed by atoms with van der Waals surface area (Å²) in [5.41, 5.74) is -0.475. The van der Waals surface area contributed by atoms with Gasteiger partial charge in [-0.1, -0.05) is 0 Å². The Balaban J connectivity index is 3.61. The summed E-state index contributed by atoms with van der Waals surface area (Å²) in [5.74, 6) is -0.662. The molecule has 0 aromatic carbocycles. The molecule has 0 aliphatic heterocycles. The maximum absolute atomic E-state index is 10.9. The first-order chi connectivity index (χ1) is 5.09. The second kappa shape index (κ2) is 2.22. The smallest absolute Gasteiger partial charge is 0.332 e. The average Bonchev–Trinajstić information content (AvgIpc) is 2.17. The Hall–Kier alpha value is -1.59. The molecule has 1 rings (SSSR count). The van der Waals surface area contributed by atoms with Crippen LogP contribution in [-0.2, 0) is 14.1 Å². The molecule has 0 aliphatic rings. The first kappa shape index (κ1) is 7.52. The van der Waals surface area contributed by atoms with E-state index in [4.69, 9.17) is 5.11 Å². The molecule has 11 heavy (non-hydrogen) atoms. The third-order valence-corrected chi connectivity index (χ3v) is 1.50. The van der Waals surface area contributed by atoms with Gasteiger partial charge in [-0.2, -0.15) is 0 Å². The normalized spacial score (nSPS) is 10.0. The van der Waals surface area contributed by atoms with E-state index in [1.807, 2.05) is 0 Å². The topological polar surface area (TPSA) is 76.6 Å². The van der Waals surface area contributed by atoms with Crippen molar-refractivity contribution in [3.63, 3.8) is 0 Å². The fraction of sp³-hybridized carbons (Fsp3) is 0.400. The van der Waals surface area contributed by atoms with Crippen LogP contribution in [0.3, 0.4) is 0 Å². The van der Waals surface area contributed by atoms with Crippen LogP contribution in [0.25, 0.3) is 0 Å². The molecule has 0 unspecified atom stereocenters. The molecule has 0 aliphatic carbocycles. The van der Waals surface area contributed by atoms with Crippen LogP contribution in [0, 0.1) is 4.91 Å². The van der Waals surface area contributed by atoms with Crippen LogP contribution in [0.15, 0.2) is 9.97 Å². The van der Waals surface area contributed by atoms with Crippen molar-refractivity contribution < 1.29 is 5.11 Å². The number of aromatic hydroxyl groups is 1. The van der Waals surface area contributed by atoms with Gasteiger partial charge in [0.1, 0.15) is 0 Å². The Bertz CT molecular complexity index is 349. The Morgan fingerprint density at radius 3 is 2.09 bits per heavy atom. The van der Waals surface area contributed by atoms with Crippen LogP contribution >= 0.6 is 0 Å². The number of nitroso groups, excluding NO2 is 1. The van der Waals surface area contributed by atoms with Crippen molar-refractivity contribution in [1.82, 2.24) is 9.13 Å². The zero-order valence-electron chi connectivity index (χ0n) is 6.11. The molecule has 0 saturated heterocycles. The highest BCUT2D eigenvalue weighted by molar-refractivity contribution is 5.40. The van der Waals surface area contributed by atoms with Crippen LogP contribution in [0.4, 0.5) is 5.82 Å². The standard InChI is InChI=1S/C5H7N3O3/c1-7-3(6-11)4(9)8(2)5(7)10/h9H,1-2H3. The average molecular weight is 157 g/mol. The summed E-state index contributed by atoms with van der Waals surface area (Å²) >= 11 is 0. The third-order valence-electron chi connectivity index (χ3n) is 1.50. The van der Waals surface area contributed by atoms with E-state index in [-0.39, 0.29) is 5.82 Å². The summed E-state index contributed by atoms with van der Waals surface area (Å²) in [6.07, 6.45) is 0. The first-order valence-corrected chi connectivity index (χ1v) is 2.87. The van der Waals surface area contributed by atoms with Gasteiger partial charge in [0.25, 0.3) is 0 Å². The van der Waals surface area contributed by atoms with E-state index >= 15 is 0 Å². The van der Waals surface area contributed by atoms with E-state index in [2.05, 4.69) is 5.18 Å². The number of nitrogens with zero attached hydrogens (tertiary/aromatic N) is 3. The summed E-state index contributed by atoms with van der Waals surface area (Å²) in [4.78, 5) is 21.0.